The van der Waals surface area contributed by atoms with Gasteiger partial charge in [-0.2, -0.15) is 0 Å². The average Bonchev–Trinajstić information content (AvgIpc) is 2.44. The molecule has 1 aromatic rings. The SMILES string of the molecule is COC1(C(Cc2cc(F)cc(F)c2)NN)CCOCC1. The first-order valence-corrected chi connectivity index (χ1v) is 6.63. The molecule has 0 bridgehead atoms. The van der Waals surface area contributed by atoms with Gasteiger partial charge in [0.15, 0.2) is 0 Å². The van der Waals surface area contributed by atoms with Gasteiger partial charge in [0, 0.05) is 39.2 Å². The molecule has 1 unspecified atom stereocenters. The number of nitrogens with two attached hydrogens (primary N) is 1. The van der Waals surface area contributed by atoms with Gasteiger partial charge in [0.1, 0.15) is 11.6 Å². The Kier molecular flexibility index (Phi) is 5.04. The van der Waals surface area contributed by atoms with Gasteiger partial charge >= 0.3 is 0 Å². The van der Waals surface area contributed by atoms with Crippen molar-refractivity contribution in [3.63, 3.8) is 0 Å². The molecule has 0 radical (unpaired) electrons. The molecule has 0 spiro atoms. The van der Waals surface area contributed by atoms with Crippen LogP contribution in [0.25, 0.3) is 0 Å². The maximum Gasteiger partial charge on any atom is 0.126 e. The molecule has 1 aliphatic rings. The van der Waals surface area contributed by atoms with Gasteiger partial charge < -0.3 is 9.47 Å². The number of hydrazine groups is 1. The van der Waals surface area contributed by atoms with Crippen LogP contribution >= 0.6 is 0 Å². The van der Waals surface area contributed by atoms with Crippen molar-refractivity contribution in [1.82, 2.24) is 5.43 Å². The van der Waals surface area contributed by atoms with Crippen LogP contribution in [0, 0.1) is 11.6 Å². The molecule has 6 heteroatoms. The first-order valence-electron chi connectivity index (χ1n) is 6.63. The standard InChI is InChI=1S/C14H20F2N2O2/c1-19-14(2-4-20-5-3-14)13(18-17)8-10-6-11(15)9-12(16)7-10/h6-7,9,13,18H,2-5,8,17H2,1H3. The van der Waals surface area contributed by atoms with E-state index in [-0.39, 0.29) is 6.04 Å². The molecule has 0 aromatic heterocycles. The van der Waals surface area contributed by atoms with Crippen LogP contribution in [0.3, 0.4) is 0 Å². The predicted octanol–water partition coefficient (Wildman–Crippen LogP) is 1.53. The van der Waals surface area contributed by atoms with Crippen LogP contribution in [0.1, 0.15) is 18.4 Å². The Balaban J connectivity index is 2.18. The molecule has 0 amide bonds. The largest absolute Gasteiger partial charge is 0.381 e. The van der Waals surface area contributed by atoms with Crippen LogP contribution in [-0.2, 0) is 15.9 Å². The third-order valence-electron chi connectivity index (χ3n) is 3.94. The summed E-state index contributed by atoms with van der Waals surface area (Å²) < 4.78 is 37.5. The third kappa shape index (κ3) is 3.32. The summed E-state index contributed by atoms with van der Waals surface area (Å²) in [7, 11) is 1.63. The molecule has 1 saturated heterocycles. The molecular weight excluding hydrogens is 266 g/mol. The van der Waals surface area contributed by atoms with E-state index in [2.05, 4.69) is 5.43 Å². The second kappa shape index (κ2) is 6.58. The van der Waals surface area contributed by atoms with Gasteiger partial charge in [0.05, 0.1) is 11.6 Å². The number of ether oxygens (including phenoxy) is 2. The first-order chi connectivity index (χ1) is 9.59. The fourth-order valence-electron chi connectivity index (χ4n) is 2.77. The molecule has 0 saturated carbocycles. The van der Waals surface area contributed by atoms with Crippen molar-refractivity contribution < 1.29 is 18.3 Å². The van der Waals surface area contributed by atoms with E-state index in [4.69, 9.17) is 15.3 Å². The van der Waals surface area contributed by atoms with Gasteiger partial charge in [0.25, 0.3) is 0 Å². The Labute approximate surface area is 117 Å². The molecule has 20 heavy (non-hydrogen) atoms. The summed E-state index contributed by atoms with van der Waals surface area (Å²) in [6, 6.07) is 3.25. The van der Waals surface area contributed by atoms with Crippen LogP contribution < -0.4 is 11.3 Å². The lowest BCUT2D eigenvalue weighted by Gasteiger charge is -2.42. The van der Waals surface area contributed by atoms with Crippen molar-refractivity contribution in [3.8, 4) is 0 Å². The monoisotopic (exact) mass is 286 g/mol. The van der Waals surface area contributed by atoms with E-state index < -0.39 is 17.2 Å². The smallest absolute Gasteiger partial charge is 0.126 e. The Bertz CT molecular complexity index is 431. The molecule has 1 heterocycles. The van der Waals surface area contributed by atoms with E-state index in [1.54, 1.807) is 7.11 Å². The highest BCUT2D eigenvalue weighted by Crippen LogP contribution is 2.30. The molecule has 1 fully saturated rings. The summed E-state index contributed by atoms with van der Waals surface area (Å²) >= 11 is 0. The number of rotatable bonds is 5. The average molecular weight is 286 g/mol. The number of methoxy groups -OCH3 is 1. The van der Waals surface area contributed by atoms with E-state index in [1.807, 2.05) is 0 Å². The Morgan fingerprint density at radius 1 is 1.30 bits per heavy atom. The predicted molar refractivity (Wildman–Crippen MR) is 71.0 cm³/mol. The van der Waals surface area contributed by atoms with Gasteiger partial charge in [-0.1, -0.05) is 0 Å². The highest BCUT2D eigenvalue weighted by Gasteiger charge is 2.40. The van der Waals surface area contributed by atoms with E-state index in [1.165, 1.54) is 12.1 Å². The van der Waals surface area contributed by atoms with Crippen LogP contribution in [0.2, 0.25) is 0 Å². The minimum atomic E-state index is -0.589. The van der Waals surface area contributed by atoms with Crippen molar-refractivity contribution in [2.24, 2.45) is 5.84 Å². The minimum absolute atomic E-state index is 0.238. The fraction of sp³-hybridized carbons (Fsp3) is 0.571. The zero-order valence-corrected chi connectivity index (χ0v) is 11.5. The van der Waals surface area contributed by atoms with E-state index >= 15 is 0 Å². The molecule has 2 rings (SSSR count). The zero-order valence-electron chi connectivity index (χ0n) is 11.5. The number of benzene rings is 1. The lowest BCUT2D eigenvalue weighted by atomic mass is 9.83. The number of hydrogen-bond acceptors (Lipinski definition) is 4. The summed E-state index contributed by atoms with van der Waals surface area (Å²) in [6.07, 6.45) is 1.77. The number of nitrogens with one attached hydrogen (secondary N) is 1. The van der Waals surface area contributed by atoms with Crippen LogP contribution in [0.15, 0.2) is 18.2 Å². The lowest BCUT2D eigenvalue weighted by Crippen LogP contribution is -2.58. The Hall–Kier alpha value is -1.08. The maximum absolute atomic E-state index is 13.3. The summed E-state index contributed by atoms with van der Waals surface area (Å²) in [6.45, 7) is 1.17. The Morgan fingerprint density at radius 2 is 1.90 bits per heavy atom. The third-order valence-corrected chi connectivity index (χ3v) is 3.94. The van der Waals surface area contributed by atoms with Gasteiger partial charge in [-0.25, -0.2) is 8.78 Å². The molecule has 0 aliphatic carbocycles. The molecular formula is C14H20F2N2O2. The van der Waals surface area contributed by atoms with Crippen LogP contribution in [0.5, 0.6) is 0 Å². The Morgan fingerprint density at radius 3 is 2.40 bits per heavy atom. The van der Waals surface area contributed by atoms with Crippen molar-refractivity contribution in [2.45, 2.75) is 30.9 Å². The lowest BCUT2D eigenvalue weighted by molar-refractivity contribution is -0.110. The first kappa shape index (κ1) is 15.3. The van der Waals surface area contributed by atoms with Gasteiger partial charge in [-0.05, 0) is 24.1 Å². The maximum atomic E-state index is 13.3. The normalized spacial score (nSPS) is 19.8. The number of hydrogen-bond donors (Lipinski definition) is 2. The van der Waals surface area contributed by atoms with Crippen LogP contribution in [0.4, 0.5) is 8.78 Å². The van der Waals surface area contributed by atoms with E-state index in [0.29, 0.717) is 38.0 Å². The summed E-state index contributed by atoms with van der Waals surface area (Å²) in [5, 5.41) is 0. The molecule has 1 aromatic carbocycles. The molecule has 1 atom stereocenters. The van der Waals surface area contributed by atoms with E-state index in [0.717, 1.165) is 6.07 Å². The molecule has 3 N–H and O–H groups in total. The van der Waals surface area contributed by atoms with Crippen LogP contribution in [-0.4, -0.2) is 32.0 Å². The van der Waals surface area contributed by atoms with Gasteiger partial charge in [-0.15, -0.1) is 0 Å². The molecule has 4 nitrogen and oxygen atoms in total. The van der Waals surface area contributed by atoms with Gasteiger partial charge in [-0.3, -0.25) is 11.3 Å². The van der Waals surface area contributed by atoms with Crippen molar-refractivity contribution >= 4 is 0 Å². The van der Waals surface area contributed by atoms with Crippen molar-refractivity contribution in [1.29, 1.82) is 0 Å². The minimum Gasteiger partial charge on any atom is -0.381 e. The second-order valence-corrected chi connectivity index (χ2v) is 5.08. The summed E-state index contributed by atoms with van der Waals surface area (Å²) in [4.78, 5) is 0. The summed E-state index contributed by atoms with van der Waals surface area (Å²) in [5.41, 5.74) is 2.80. The number of halogens is 2. The molecule has 1 aliphatic heterocycles. The van der Waals surface area contributed by atoms with E-state index in [9.17, 15) is 8.78 Å². The highest BCUT2D eigenvalue weighted by molar-refractivity contribution is 5.20. The van der Waals surface area contributed by atoms with Crippen molar-refractivity contribution in [2.75, 3.05) is 20.3 Å². The fourth-order valence-corrected chi connectivity index (χ4v) is 2.77. The topological polar surface area (TPSA) is 56.5 Å². The molecule has 112 valence electrons. The van der Waals surface area contributed by atoms with Gasteiger partial charge in [0.2, 0.25) is 0 Å². The van der Waals surface area contributed by atoms with Crippen molar-refractivity contribution in [3.05, 3.63) is 35.4 Å². The highest BCUT2D eigenvalue weighted by atomic mass is 19.1. The summed E-state index contributed by atoms with van der Waals surface area (Å²) in [5.74, 6) is 4.45. The zero-order chi connectivity index (χ0) is 14.6. The second-order valence-electron chi connectivity index (χ2n) is 5.08. The quantitative estimate of drug-likeness (QED) is 0.637.